The van der Waals surface area contributed by atoms with Crippen LogP contribution in [-0.4, -0.2) is 15.0 Å². The number of fused-ring (bicyclic) bond motifs is 11. The normalized spacial score (nSPS) is 12.0. The van der Waals surface area contributed by atoms with Gasteiger partial charge in [0.1, 0.15) is 22.3 Å². The van der Waals surface area contributed by atoms with Gasteiger partial charge in [0.05, 0.1) is 50.5 Å². The van der Waals surface area contributed by atoms with E-state index in [0.717, 1.165) is 95.1 Å². The standard InChI is InChI=1S/C48H31N3O2/c1-5-13-31(14-6-1)45-37-23-21-35(49-37)36-22-24-38(50-36)46(32-15-7-2-8-16-32)42-28-30-44(53-42)48(34-19-11-4-12-20-34)40-26-25-39(51-40)47(33-17-9-3-10-18-33)43-29-27-41(45)52-43/h1-30,49H. The summed E-state index contributed by atoms with van der Waals surface area (Å²) in [5.74, 6) is 0. The summed E-state index contributed by atoms with van der Waals surface area (Å²) in [6.45, 7) is 0. The van der Waals surface area contributed by atoms with Crippen molar-refractivity contribution in [1.82, 2.24) is 15.0 Å². The van der Waals surface area contributed by atoms with Gasteiger partial charge in [-0.3, -0.25) is 0 Å². The first kappa shape index (κ1) is 30.6. The Balaban J connectivity index is 1.39. The number of nitrogens with one attached hydrogen (secondary N) is 1. The van der Waals surface area contributed by atoms with E-state index in [0.29, 0.717) is 5.58 Å². The van der Waals surface area contributed by atoms with Crippen LogP contribution in [0.25, 0.3) is 102 Å². The van der Waals surface area contributed by atoms with Gasteiger partial charge in [0.15, 0.2) is 0 Å². The van der Waals surface area contributed by atoms with Gasteiger partial charge in [0.2, 0.25) is 0 Å². The van der Waals surface area contributed by atoms with Crippen molar-refractivity contribution in [2.24, 2.45) is 0 Å². The van der Waals surface area contributed by atoms with Crippen LogP contribution in [0.5, 0.6) is 0 Å². The molecule has 0 saturated heterocycles. The van der Waals surface area contributed by atoms with Crippen LogP contribution < -0.4 is 0 Å². The monoisotopic (exact) mass is 681 g/mol. The highest BCUT2D eigenvalue weighted by Crippen LogP contribution is 2.39. The molecule has 2 aliphatic rings. The number of furan rings is 2. The molecule has 2 aliphatic heterocycles. The lowest BCUT2D eigenvalue weighted by Crippen LogP contribution is -1.86. The minimum atomic E-state index is 0.714. The van der Waals surface area contributed by atoms with Crippen molar-refractivity contribution in [2.75, 3.05) is 0 Å². The average Bonchev–Trinajstić information content (AvgIpc) is 4.07. The van der Waals surface area contributed by atoms with Crippen LogP contribution in [0.2, 0.25) is 0 Å². The summed E-state index contributed by atoms with van der Waals surface area (Å²) < 4.78 is 13.7. The SMILES string of the molecule is C1=Cc2nc1c(-c1ccccc1)c1ccc(o1)c(-c1ccccc1)c1nc(c3ccc([nH]3)c(-c3ccccc3)c3ccc(o3)c2-c2ccccc2)C=C1. The molecule has 5 heteroatoms. The molecule has 0 saturated carbocycles. The highest BCUT2D eigenvalue weighted by atomic mass is 16.3. The zero-order chi connectivity index (χ0) is 35.1. The Bertz CT molecular complexity index is 2920. The van der Waals surface area contributed by atoms with Crippen molar-refractivity contribution in [3.63, 3.8) is 0 Å². The van der Waals surface area contributed by atoms with Gasteiger partial charge in [-0.25, -0.2) is 9.97 Å². The quantitative estimate of drug-likeness (QED) is 0.201. The molecule has 0 radical (unpaired) electrons. The first-order valence-electron chi connectivity index (χ1n) is 17.7. The number of hydrogen-bond donors (Lipinski definition) is 1. The van der Waals surface area contributed by atoms with E-state index in [9.17, 15) is 0 Å². The fraction of sp³-hybridized carbons (Fsp3) is 0. The van der Waals surface area contributed by atoms with E-state index in [1.165, 1.54) is 0 Å². The molecule has 0 spiro atoms. The zero-order valence-electron chi connectivity index (χ0n) is 28.5. The average molecular weight is 682 g/mol. The molecule has 1 N–H and O–H groups in total. The van der Waals surface area contributed by atoms with Crippen molar-refractivity contribution in [2.45, 2.75) is 0 Å². The summed E-state index contributed by atoms with van der Waals surface area (Å²) in [4.78, 5) is 14.2. The van der Waals surface area contributed by atoms with Crippen LogP contribution in [-0.2, 0) is 0 Å². The smallest absolute Gasteiger partial charge is 0.137 e. The van der Waals surface area contributed by atoms with E-state index in [-0.39, 0.29) is 0 Å². The molecule has 0 fully saturated rings. The molecule has 10 rings (SSSR count). The Labute approximate surface area is 305 Å². The van der Waals surface area contributed by atoms with Gasteiger partial charge in [-0.2, -0.15) is 0 Å². The van der Waals surface area contributed by atoms with Gasteiger partial charge in [-0.05, 0) is 83.0 Å². The van der Waals surface area contributed by atoms with Gasteiger partial charge >= 0.3 is 0 Å². The van der Waals surface area contributed by atoms with Crippen molar-refractivity contribution < 1.29 is 8.83 Å². The highest BCUT2D eigenvalue weighted by molar-refractivity contribution is 5.98. The zero-order valence-corrected chi connectivity index (χ0v) is 28.5. The lowest BCUT2D eigenvalue weighted by atomic mass is 10.0. The van der Waals surface area contributed by atoms with Crippen molar-refractivity contribution in [1.29, 1.82) is 0 Å². The van der Waals surface area contributed by atoms with Gasteiger partial charge < -0.3 is 13.8 Å². The summed E-state index contributed by atoms with van der Waals surface area (Å²) in [5.41, 5.74) is 15.7. The molecule has 8 aromatic rings. The maximum absolute atomic E-state index is 6.86. The number of aromatic nitrogens is 3. The number of rotatable bonds is 4. The second kappa shape index (κ2) is 12.8. The Hall–Kier alpha value is -7.24. The van der Waals surface area contributed by atoms with E-state index in [1.54, 1.807) is 0 Å². The number of aromatic amines is 1. The summed E-state index contributed by atoms with van der Waals surface area (Å²) in [5, 5.41) is 0. The lowest BCUT2D eigenvalue weighted by Gasteiger charge is -2.05. The number of benzene rings is 4. The van der Waals surface area contributed by atoms with Crippen LogP contribution in [0.1, 0.15) is 22.8 Å². The molecule has 0 aliphatic carbocycles. The third-order valence-electron chi connectivity index (χ3n) is 9.73. The molecule has 0 amide bonds. The van der Waals surface area contributed by atoms with Crippen LogP contribution in [0.15, 0.2) is 167 Å². The maximum Gasteiger partial charge on any atom is 0.137 e. The van der Waals surface area contributed by atoms with Crippen LogP contribution in [0.3, 0.4) is 0 Å². The number of nitrogens with zero attached hydrogens (tertiary/aromatic N) is 2. The Morgan fingerprint density at radius 2 is 0.623 bits per heavy atom. The summed E-state index contributed by atoms with van der Waals surface area (Å²) in [6, 6.07) is 53.6. The molecule has 4 aromatic carbocycles. The molecule has 0 atom stereocenters. The second-order valence-corrected chi connectivity index (χ2v) is 13.0. The Morgan fingerprint density at radius 1 is 0.302 bits per heavy atom. The first-order chi connectivity index (χ1) is 26.3. The Kier molecular flexibility index (Phi) is 7.40. The molecular formula is C48H31N3O2. The largest absolute Gasteiger partial charge is 0.456 e. The fourth-order valence-electron chi connectivity index (χ4n) is 7.29. The summed E-state index contributed by atoms with van der Waals surface area (Å²) in [7, 11) is 0. The van der Waals surface area contributed by atoms with Crippen LogP contribution in [0.4, 0.5) is 0 Å². The predicted octanol–water partition coefficient (Wildman–Crippen LogP) is 12.9. The minimum Gasteiger partial charge on any atom is -0.456 e. The minimum absolute atomic E-state index is 0.714. The van der Waals surface area contributed by atoms with E-state index in [4.69, 9.17) is 18.8 Å². The number of hydrogen-bond acceptors (Lipinski definition) is 4. The molecule has 6 heterocycles. The Morgan fingerprint density at radius 3 is 1.04 bits per heavy atom. The molecule has 0 unspecified atom stereocenters. The first-order valence-corrected chi connectivity index (χ1v) is 17.7. The lowest BCUT2D eigenvalue weighted by molar-refractivity contribution is 0.667. The summed E-state index contributed by atoms with van der Waals surface area (Å²) in [6.07, 6.45) is 8.26. The van der Waals surface area contributed by atoms with Crippen molar-refractivity contribution >= 4 is 57.7 Å². The maximum atomic E-state index is 6.86. The molecule has 250 valence electrons. The van der Waals surface area contributed by atoms with Crippen molar-refractivity contribution in [3.8, 4) is 44.5 Å². The number of H-pyrrole nitrogens is 1. The fourth-order valence-corrected chi connectivity index (χ4v) is 7.29. The van der Waals surface area contributed by atoms with E-state index in [1.807, 2.05) is 91.0 Å². The van der Waals surface area contributed by atoms with Gasteiger partial charge in [-0.15, -0.1) is 0 Å². The van der Waals surface area contributed by atoms with E-state index >= 15 is 0 Å². The van der Waals surface area contributed by atoms with Crippen LogP contribution in [0, 0.1) is 0 Å². The van der Waals surface area contributed by atoms with Gasteiger partial charge in [0.25, 0.3) is 0 Å². The van der Waals surface area contributed by atoms with E-state index < -0.39 is 0 Å². The highest BCUT2D eigenvalue weighted by Gasteiger charge is 2.19. The van der Waals surface area contributed by atoms with Crippen molar-refractivity contribution in [3.05, 3.63) is 181 Å². The molecule has 5 nitrogen and oxygen atoms in total. The third-order valence-corrected chi connectivity index (χ3v) is 9.73. The van der Waals surface area contributed by atoms with Gasteiger partial charge in [-0.1, -0.05) is 121 Å². The molecule has 10 bridgehead atoms. The molecular weight excluding hydrogens is 651 g/mol. The predicted molar refractivity (Wildman–Crippen MR) is 217 cm³/mol. The van der Waals surface area contributed by atoms with E-state index in [2.05, 4.69) is 96.0 Å². The third kappa shape index (κ3) is 5.52. The van der Waals surface area contributed by atoms with Gasteiger partial charge in [0, 0.05) is 5.56 Å². The summed E-state index contributed by atoms with van der Waals surface area (Å²) >= 11 is 0. The topological polar surface area (TPSA) is 67.8 Å². The molecule has 4 aromatic heterocycles. The van der Waals surface area contributed by atoms with Crippen LogP contribution >= 0.6 is 0 Å². The molecule has 53 heavy (non-hydrogen) atoms. The second-order valence-electron chi connectivity index (χ2n) is 13.0.